The number of nitrogens with zero attached hydrogens (tertiary/aromatic N) is 4. The van der Waals surface area contributed by atoms with Crippen molar-refractivity contribution in [3.05, 3.63) is 71.6 Å². The zero-order valence-corrected chi connectivity index (χ0v) is 14.7. The SMILES string of the molecule is Cc1cc(C(=O)O[C@H](CCc2ccccc2)c2nccn2C)nn1C. The number of aromatic nitrogens is 4. The van der Waals surface area contributed by atoms with E-state index >= 15 is 0 Å². The van der Waals surface area contributed by atoms with Crippen LogP contribution >= 0.6 is 0 Å². The molecule has 3 aromatic rings. The number of hydrogen-bond donors (Lipinski definition) is 0. The first-order valence-electron chi connectivity index (χ1n) is 8.27. The maximum atomic E-state index is 12.5. The quantitative estimate of drug-likeness (QED) is 0.648. The Bertz CT molecular complexity index is 832. The van der Waals surface area contributed by atoms with Crippen LogP contribution in [-0.2, 0) is 25.3 Å². The summed E-state index contributed by atoms with van der Waals surface area (Å²) in [6.07, 6.45) is 4.60. The molecule has 0 spiro atoms. The lowest BCUT2D eigenvalue weighted by molar-refractivity contribution is 0.0242. The molecule has 0 N–H and O–H groups in total. The molecule has 0 saturated heterocycles. The molecule has 6 heteroatoms. The number of carbonyl (C=O) groups excluding carboxylic acids is 1. The van der Waals surface area contributed by atoms with Gasteiger partial charge in [-0.05, 0) is 31.4 Å². The Morgan fingerprint density at radius 3 is 2.60 bits per heavy atom. The largest absolute Gasteiger partial charge is 0.449 e. The summed E-state index contributed by atoms with van der Waals surface area (Å²) in [6.45, 7) is 1.90. The Labute approximate surface area is 147 Å². The number of aryl methyl sites for hydroxylation is 4. The minimum atomic E-state index is -0.426. The number of esters is 1. The molecule has 0 bridgehead atoms. The van der Waals surface area contributed by atoms with Crippen LogP contribution in [0, 0.1) is 6.92 Å². The van der Waals surface area contributed by atoms with E-state index in [0.717, 1.165) is 17.9 Å². The van der Waals surface area contributed by atoms with Crippen LogP contribution in [0.3, 0.4) is 0 Å². The molecule has 0 unspecified atom stereocenters. The third kappa shape index (κ3) is 3.96. The minimum absolute atomic E-state index is 0.318. The summed E-state index contributed by atoms with van der Waals surface area (Å²) in [6, 6.07) is 11.9. The first kappa shape index (κ1) is 17.0. The number of imidazole rings is 1. The molecule has 2 aromatic heterocycles. The number of ether oxygens (including phenoxy) is 1. The molecule has 0 amide bonds. The van der Waals surface area contributed by atoms with E-state index in [2.05, 4.69) is 22.2 Å². The van der Waals surface area contributed by atoms with Gasteiger partial charge in [0.25, 0.3) is 0 Å². The van der Waals surface area contributed by atoms with Crippen LogP contribution in [0.15, 0.2) is 48.8 Å². The molecule has 1 atom stereocenters. The van der Waals surface area contributed by atoms with Crippen LogP contribution in [0.4, 0.5) is 0 Å². The average molecular weight is 338 g/mol. The molecule has 0 saturated carbocycles. The normalized spacial score (nSPS) is 12.1. The summed E-state index contributed by atoms with van der Waals surface area (Å²) in [5.41, 5.74) is 2.43. The molecular formula is C19H22N4O2. The van der Waals surface area contributed by atoms with Crippen molar-refractivity contribution in [1.29, 1.82) is 0 Å². The Hall–Kier alpha value is -2.89. The predicted molar refractivity (Wildman–Crippen MR) is 94.1 cm³/mol. The molecule has 0 radical (unpaired) electrons. The Morgan fingerprint density at radius 2 is 2.00 bits per heavy atom. The van der Waals surface area contributed by atoms with E-state index in [4.69, 9.17) is 4.74 Å². The zero-order chi connectivity index (χ0) is 17.8. The minimum Gasteiger partial charge on any atom is -0.449 e. The molecule has 0 fully saturated rings. The van der Waals surface area contributed by atoms with E-state index in [1.165, 1.54) is 5.56 Å². The standard InChI is InChI=1S/C19H22N4O2/c1-14-13-16(21-23(14)3)19(24)25-17(18-20-11-12-22(18)2)10-9-15-7-5-4-6-8-15/h4-8,11-13,17H,9-10H2,1-3H3/t17-/m1/s1. The molecule has 25 heavy (non-hydrogen) atoms. The first-order chi connectivity index (χ1) is 12.0. The maximum absolute atomic E-state index is 12.5. The number of carbonyl (C=O) groups is 1. The van der Waals surface area contributed by atoms with Crippen LogP contribution < -0.4 is 0 Å². The zero-order valence-electron chi connectivity index (χ0n) is 14.7. The summed E-state index contributed by atoms with van der Waals surface area (Å²) in [7, 11) is 3.70. The monoisotopic (exact) mass is 338 g/mol. The van der Waals surface area contributed by atoms with Crippen molar-refractivity contribution in [3.63, 3.8) is 0 Å². The van der Waals surface area contributed by atoms with Crippen LogP contribution in [0.2, 0.25) is 0 Å². The third-order valence-electron chi connectivity index (χ3n) is 4.26. The number of hydrogen-bond acceptors (Lipinski definition) is 4. The molecule has 130 valence electrons. The van der Waals surface area contributed by atoms with Gasteiger partial charge in [-0.25, -0.2) is 9.78 Å². The fourth-order valence-electron chi connectivity index (χ4n) is 2.72. The molecule has 6 nitrogen and oxygen atoms in total. The number of benzene rings is 1. The second-order valence-corrected chi connectivity index (χ2v) is 6.11. The van der Waals surface area contributed by atoms with Gasteiger partial charge >= 0.3 is 5.97 Å². The van der Waals surface area contributed by atoms with Gasteiger partial charge in [-0.3, -0.25) is 4.68 Å². The van der Waals surface area contributed by atoms with E-state index in [1.54, 1.807) is 24.0 Å². The maximum Gasteiger partial charge on any atom is 0.359 e. The van der Waals surface area contributed by atoms with Crippen molar-refractivity contribution in [2.75, 3.05) is 0 Å². The van der Waals surface area contributed by atoms with E-state index in [0.29, 0.717) is 12.1 Å². The summed E-state index contributed by atoms with van der Waals surface area (Å²) in [5, 5.41) is 4.20. The van der Waals surface area contributed by atoms with Gasteiger partial charge in [0.15, 0.2) is 11.8 Å². The first-order valence-corrected chi connectivity index (χ1v) is 8.27. The average Bonchev–Trinajstić information content (AvgIpc) is 3.18. The molecular weight excluding hydrogens is 316 g/mol. The van der Waals surface area contributed by atoms with Crippen molar-refractivity contribution in [2.24, 2.45) is 14.1 Å². The van der Waals surface area contributed by atoms with Gasteiger partial charge in [0.2, 0.25) is 0 Å². The van der Waals surface area contributed by atoms with E-state index < -0.39 is 12.1 Å². The Morgan fingerprint density at radius 1 is 1.24 bits per heavy atom. The van der Waals surface area contributed by atoms with Gasteiger partial charge in [-0.1, -0.05) is 30.3 Å². The van der Waals surface area contributed by atoms with Crippen LogP contribution in [0.1, 0.15) is 40.1 Å². The molecule has 1 aromatic carbocycles. The van der Waals surface area contributed by atoms with Gasteiger partial charge in [0.1, 0.15) is 5.82 Å². The molecule has 0 aliphatic rings. The topological polar surface area (TPSA) is 61.9 Å². The van der Waals surface area contributed by atoms with E-state index in [1.807, 2.05) is 42.9 Å². The summed E-state index contributed by atoms with van der Waals surface area (Å²) >= 11 is 0. The molecule has 0 aliphatic carbocycles. The Kier molecular flexibility index (Phi) is 4.97. The van der Waals surface area contributed by atoms with Gasteiger partial charge in [-0.15, -0.1) is 0 Å². The van der Waals surface area contributed by atoms with Crippen molar-refractivity contribution < 1.29 is 9.53 Å². The molecule has 3 rings (SSSR count). The van der Waals surface area contributed by atoms with Crippen molar-refractivity contribution >= 4 is 5.97 Å². The van der Waals surface area contributed by atoms with Gasteiger partial charge in [0, 0.05) is 32.2 Å². The van der Waals surface area contributed by atoms with Crippen LogP contribution in [0.5, 0.6) is 0 Å². The van der Waals surface area contributed by atoms with Gasteiger partial charge in [-0.2, -0.15) is 5.10 Å². The van der Waals surface area contributed by atoms with Gasteiger partial charge < -0.3 is 9.30 Å². The third-order valence-corrected chi connectivity index (χ3v) is 4.26. The van der Waals surface area contributed by atoms with E-state index in [9.17, 15) is 4.79 Å². The fourth-order valence-corrected chi connectivity index (χ4v) is 2.72. The number of rotatable bonds is 6. The second kappa shape index (κ2) is 7.34. The summed E-state index contributed by atoms with van der Waals surface area (Å²) < 4.78 is 9.30. The molecule has 0 aliphatic heterocycles. The van der Waals surface area contributed by atoms with Crippen molar-refractivity contribution in [1.82, 2.24) is 19.3 Å². The second-order valence-electron chi connectivity index (χ2n) is 6.11. The lowest BCUT2D eigenvalue weighted by Crippen LogP contribution is -2.16. The van der Waals surface area contributed by atoms with Crippen molar-refractivity contribution in [3.8, 4) is 0 Å². The highest BCUT2D eigenvalue weighted by atomic mass is 16.5. The highest BCUT2D eigenvalue weighted by molar-refractivity contribution is 5.87. The molecule has 2 heterocycles. The highest BCUT2D eigenvalue weighted by Crippen LogP contribution is 2.23. The van der Waals surface area contributed by atoms with E-state index in [-0.39, 0.29) is 0 Å². The fraction of sp³-hybridized carbons (Fsp3) is 0.316. The van der Waals surface area contributed by atoms with Crippen LogP contribution in [0.25, 0.3) is 0 Å². The van der Waals surface area contributed by atoms with Crippen molar-refractivity contribution in [2.45, 2.75) is 25.9 Å². The highest BCUT2D eigenvalue weighted by Gasteiger charge is 2.23. The lowest BCUT2D eigenvalue weighted by Gasteiger charge is -2.17. The predicted octanol–water partition coefficient (Wildman–Crippen LogP) is 2.99. The summed E-state index contributed by atoms with van der Waals surface area (Å²) in [5.74, 6) is 0.307. The van der Waals surface area contributed by atoms with Crippen LogP contribution in [-0.4, -0.2) is 25.3 Å². The Balaban J connectivity index is 1.76. The summed E-state index contributed by atoms with van der Waals surface area (Å²) in [4.78, 5) is 16.9. The van der Waals surface area contributed by atoms with Gasteiger partial charge in [0.05, 0.1) is 0 Å². The lowest BCUT2D eigenvalue weighted by atomic mass is 10.1. The smallest absolute Gasteiger partial charge is 0.359 e.